The number of hydrogen-bond acceptors (Lipinski definition) is 5. The predicted molar refractivity (Wildman–Crippen MR) is 46.0 cm³/mol. The number of aliphatic hydroxyl groups is 5. The highest BCUT2D eigenvalue weighted by Gasteiger charge is 2.29. The Morgan fingerprint density at radius 3 is 1.77 bits per heavy atom. The highest BCUT2D eigenvalue weighted by molar-refractivity contribution is 4.80. The molecule has 0 radical (unpaired) electrons. The molecule has 0 aliphatic carbocycles. The van der Waals surface area contributed by atoms with E-state index in [4.69, 9.17) is 15.3 Å². The van der Waals surface area contributed by atoms with Crippen molar-refractivity contribution >= 4 is 0 Å². The second kappa shape index (κ2) is 6.28. The minimum Gasteiger partial charge on any atom is -0.394 e. The maximum Gasteiger partial charge on any atom is 0.110 e. The zero-order valence-electron chi connectivity index (χ0n) is 7.67. The van der Waals surface area contributed by atoms with Crippen molar-refractivity contribution in [1.82, 2.24) is 0 Å². The molecule has 5 heteroatoms. The molecule has 5 nitrogen and oxygen atoms in total. The molecule has 0 fully saturated rings. The van der Waals surface area contributed by atoms with E-state index >= 15 is 0 Å². The molecule has 4 atom stereocenters. The largest absolute Gasteiger partial charge is 0.394 e. The van der Waals surface area contributed by atoms with Crippen LogP contribution in [0.2, 0.25) is 0 Å². The monoisotopic (exact) mass is 194 g/mol. The van der Waals surface area contributed by atoms with Crippen LogP contribution in [-0.2, 0) is 0 Å². The Morgan fingerprint density at radius 2 is 1.38 bits per heavy atom. The van der Waals surface area contributed by atoms with Crippen LogP contribution in [0.5, 0.6) is 0 Å². The molecular formula is C8H18O5. The first-order chi connectivity index (χ1) is 6.04. The highest BCUT2D eigenvalue weighted by Crippen LogP contribution is 2.09. The van der Waals surface area contributed by atoms with E-state index in [1.54, 1.807) is 0 Å². The molecule has 0 amide bonds. The SMILES string of the molecule is CCCC(O)[C@@H](O)[C@H](O)[C@H](O)CO. The van der Waals surface area contributed by atoms with Gasteiger partial charge in [0.2, 0.25) is 0 Å². The summed E-state index contributed by atoms with van der Waals surface area (Å²) in [6, 6.07) is 0. The molecule has 0 aliphatic rings. The van der Waals surface area contributed by atoms with E-state index in [-0.39, 0.29) is 0 Å². The fourth-order valence-corrected chi connectivity index (χ4v) is 1.03. The molecule has 0 aromatic rings. The summed E-state index contributed by atoms with van der Waals surface area (Å²) in [6.07, 6.45) is -4.40. The van der Waals surface area contributed by atoms with Gasteiger partial charge in [0, 0.05) is 0 Å². The molecule has 5 N–H and O–H groups in total. The predicted octanol–water partition coefficient (Wildman–Crippen LogP) is -1.78. The fourth-order valence-electron chi connectivity index (χ4n) is 1.03. The Kier molecular flexibility index (Phi) is 6.19. The molecule has 0 heterocycles. The maximum absolute atomic E-state index is 9.25. The van der Waals surface area contributed by atoms with Gasteiger partial charge >= 0.3 is 0 Å². The first kappa shape index (κ1) is 12.8. The van der Waals surface area contributed by atoms with E-state index in [0.29, 0.717) is 12.8 Å². The van der Waals surface area contributed by atoms with Crippen molar-refractivity contribution in [2.24, 2.45) is 0 Å². The molecule has 0 rings (SSSR count). The minimum atomic E-state index is -1.51. The fraction of sp³-hybridized carbons (Fsp3) is 1.00. The van der Waals surface area contributed by atoms with Crippen LogP contribution < -0.4 is 0 Å². The summed E-state index contributed by atoms with van der Waals surface area (Å²) < 4.78 is 0. The summed E-state index contributed by atoms with van der Waals surface area (Å²) >= 11 is 0. The van der Waals surface area contributed by atoms with Gasteiger partial charge in [-0.1, -0.05) is 13.3 Å². The summed E-state index contributed by atoms with van der Waals surface area (Å²) in [5.74, 6) is 0. The van der Waals surface area contributed by atoms with Gasteiger partial charge in [0.05, 0.1) is 12.7 Å². The van der Waals surface area contributed by atoms with Crippen molar-refractivity contribution < 1.29 is 25.5 Å². The van der Waals surface area contributed by atoms with Crippen LogP contribution in [0.4, 0.5) is 0 Å². The van der Waals surface area contributed by atoms with Crippen LogP contribution in [0, 0.1) is 0 Å². The smallest absolute Gasteiger partial charge is 0.110 e. The quantitative estimate of drug-likeness (QED) is 0.344. The molecule has 0 saturated heterocycles. The molecular weight excluding hydrogens is 176 g/mol. The summed E-state index contributed by atoms with van der Waals surface area (Å²) in [5.41, 5.74) is 0. The molecule has 0 aromatic carbocycles. The van der Waals surface area contributed by atoms with Gasteiger partial charge in [0.25, 0.3) is 0 Å². The molecule has 80 valence electrons. The number of hydrogen-bond donors (Lipinski definition) is 5. The topological polar surface area (TPSA) is 101 Å². The lowest BCUT2D eigenvalue weighted by atomic mass is 10.0. The van der Waals surface area contributed by atoms with Gasteiger partial charge in [0.15, 0.2) is 0 Å². The Morgan fingerprint density at radius 1 is 0.923 bits per heavy atom. The van der Waals surface area contributed by atoms with Crippen LogP contribution in [0.3, 0.4) is 0 Å². The van der Waals surface area contributed by atoms with Crippen molar-refractivity contribution in [3.05, 3.63) is 0 Å². The van der Waals surface area contributed by atoms with E-state index in [0.717, 1.165) is 0 Å². The van der Waals surface area contributed by atoms with Crippen LogP contribution in [-0.4, -0.2) is 56.6 Å². The third kappa shape index (κ3) is 4.02. The van der Waals surface area contributed by atoms with Crippen molar-refractivity contribution in [3.63, 3.8) is 0 Å². The van der Waals surface area contributed by atoms with Gasteiger partial charge in [-0.15, -0.1) is 0 Å². The van der Waals surface area contributed by atoms with E-state index in [9.17, 15) is 10.2 Å². The van der Waals surface area contributed by atoms with Gasteiger partial charge in [-0.25, -0.2) is 0 Å². The maximum atomic E-state index is 9.25. The van der Waals surface area contributed by atoms with Crippen molar-refractivity contribution in [2.75, 3.05) is 6.61 Å². The Labute approximate surface area is 77.3 Å². The number of rotatable bonds is 6. The average molecular weight is 194 g/mol. The lowest BCUT2D eigenvalue weighted by molar-refractivity contribution is -0.116. The van der Waals surface area contributed by atoms with Gasteiger partial charge in [-0.2, -0.15) is 0 Å². The zero-order chi connectivity index (χ0) is 10.4. The minimum absolute atomic E-state index is 0.344. The van der Waals surface area contributed by atoms with Gasteiger partial charge in [0.1, 0.15) is 18.3 Å². The van der Waals surface area contributed by atoms with E-state index in [1.807, 2.05) is 6.92 Å². The molecule has 0 saturated carbocycles. The summed E-state index contributed by atoms with van der Waals surface area (Å²) in [4.78, 5) is 0. The Balaban J connectivity index is 3.99. The molecule has 0 aliphatic heterocycles. The molecule has 0 aromatic heterocycles. The van der Waals surface area contributed by atoms with Crippen molar-refractivity contribution in [1.29, 1.82) is 0 Å². The van der Waals surface area contributed by atoms with Crippen LogP contribution >= 0.6 is 0 Å². The summed E-state index contributed by atoms with van der Waals surface area (Å²) in [5, 5.41) is 45.0. The first-order valence-corrected chi connectivity index (χ1v) is 4.37. The van der Waals surface area contributed by atoms with E-state index < -0.39 is 31.0 Å². The highest BCUT2D eigenvalue weighted by atomic mass is 16.4. The molecule has 0 spiro atoms. The summed E-state index contributed by atoms with van der Waals surface area (Å²) in [7, 11) is 0. The van der Waals surface area contributed by atoms with Gasteiger partial charge < -0.3 is 25.5 Å². The normalized spacial score (nSPS) is 20.8. The van der Waals surface area contributed by atoms with Crippen LogP contribution in [0.1, 0.15) is 19.8 Å². The molecule has 0 bridgehead atoms. The van der Waals surface area contributed by atoms with Crippen molar-refractivity contribution in [3.8, 4) is 0 Å². The van der Waals surface area contributed by atoms with Gasteiger partial charge in [-0.05, 0) is 6.42 Å². The van der Waals surface area contributed by atoms with E-state index in [2.05, 4.69) is 0 Å². The number of aliphatic hydroxyl groups excluding tert-OH is 5. The Hall–Kier alpha value is -0.200. The average Bonchev–Trinajstić information content (AvgIpc) is 2.14. The standard InChI is InChI=1S/C8H18O5/c1-2-3-5(10)7(12)8(13)6(11)4-9/h5-13H,2-4H2,1H3/t5?,6-,7-,8-/m1/s1. The zero-order valence-corrected chi connectivity index (χ0v) is 7.67. The second-order valence-electron chi connectivity index (χ2n) is 3.09. The molecule has 13 heavy (non-hydrogen) atoms. The summed E-state index contributed by atoms with van der Waals surface area (Å²) in [6.45, 7) is 1.18. The lowest BCUT2D eigenvalue weighted by Crippen LogP contribution is -2.45. The second-order valence-corrected chi connectivity index (χ2v) is 3.09. The third-order valence-corrected chi connectivity index (χ3v) is 1.91. The van der Waals surface area contributed by atoms with Crippen LogP contribution in [0.25, 0.3) is 0 Å². The van der Waals surface area contributed by atoms with E-state index in [1.165, 1.54) is 0 Å². The third-order valence-electron chi connectivity index (χ3n) is 1.91. The molecule has 1 unspecified atom stereocenters. The van der Waals surface area contributed by atoms with Crippen LogP contribution in [0.15, 0.2) is 0 Å². The lowest BCUT2D eigenvalue weighted by Gasteiger charge is -2.25. The van der Waals surface area contributed by atoms with Crippen molar-refractivity contribution in [2.45, 2.75) is 44.2 Å². The van der Waals surface area contributed by atoms with Gasteiger partial charge in [-0.3, -0.25) is 0 Å². The first-order valence-electron chi connectivity index (χ1n) is 4.37. The Bertz CT molecular complexity index is 130.